The van der Waals surface area contributed by atoms with Crippen LogP contribution in [0.4, 0.5) is 5.69 Å². The van der Waals surface area contributed by atoms with Crippen LogP contribution in [0.25, 0.3) is 5.69 Å². The minimum Gasteiger partial charge on any atom is -0.350 e. The number of anilines is 1. The lowest BCUT2D eigenvalue weighted by Gasteiger charge is -2.09. The van der Waals surface area contributed by atoms with Gasteiger partial charge in [0.25, 0.3) is 0 Å². The number of nitriles is 1. The van der Waals surface area contributed by atoms with E-state index in [-0.39, 0.29) is 5.25 Å². The van der Waals surface area contributed by atoms with Crippen LogP contribution in [0.1, 0.15) is 20.3 Å². The van der Waals surface area contributed by atoms with Crippen LogP contribution in [0.15, 0.2) is 29.4 Å². The maximum Gasteiger partial charge on any atom is 0.215 e. The fourth-order valence-electron chi connectivity index (χ4n) is 1.56. The lowest BCUT2D eigenvalue weighted by Crippen LogP contribution is -2.08. The van der Waals surface area contributed by atoms with Crippen molar-refractivity contribution in [1.29, 1.82) is 5.26 Å². The molecule has 0 saturated carbocycles. The summed E-state index contributed by atoms with van der Waals surface area (Å²) in [4.78, 5) is 0.775. The van der Waals surface area contributed by atoms with E-state index in [0.717, 1.165) is 22.8 Å². The maximum atomic E-state index is 8.89. The first-order chi connectivity index (χ1) is 10.1. The molecule has 0 aliphatic rings. The molecule has 0 bridgehead atoms. The molecule has 1 aromatic heterocycles. The first-order valence-electron chi connectivity index (χ1n) is 6.39. The highest BCUT2D eigenvalue weighted by Crippen LogP contribution is 2.23. The summed E-state index contributed by atoms with van der Waals surface area (Å²) in [6.45, 7) is 3.81. The van der Waals surface area contributed by atoms with Crippen molar-refractivity contribution in [3.63, 3.8) is 0 Å². The van der Waals surface area contributed by atoms with Crippen LogP contribution in [0.2, 0.25) is 0 Å². The Balaban J connectivity index is 2.27. The molecule has 1 heterocycles. The normalized spacial score (nSPS) is 11.7. The van der Waals surface area contributed by atoms with Gasteiger partial charge in [0.15, 0.2) is 0 Å². The van der Waals surface area contributed by atoms with Gasteiger partial charge in [0.05, 0.1) is 22.0 Å². The van der Waals surface area contributed by atoms with Crippen molar-refractivity contribution in [2.24, 2.45) is 0 Å². The third kappa shape index (κ3) is 4.00. The predicted molar refractivity (Wildman–Crippen MR) is 86.6 cm³/mol. The first kappa shape index (κ1) is 15.4. The van der Waals surface area contributed by atoms with Crippen LogP contribution < -0.4 is 5.32 Å². The van der Waals surface area contributed by atoms with Gasteiger partial charge < -0.3 is 5.32 Å². The molecule has 1 atom stereocenters. The smallest absolute Gasteiger partial charge is 0.215 e. The quantitative estimate of drug-likeness (QED) is 0.670. The van der Waals surface area contributed by atoms with Crippen molar-refractivity contribution in [1.82, 2.24) is 20.2 Å². The van der Waals surface area contributed by atoms with Gasteiger partial charge in [0, 0.05) is 5.69 Å². The summed E-state index contributed by atoms with van der Waals surface area (Å²) in [5.41, 5.74) is 1.70. The zero-order valence-corrected chi connectivity index (χ0v) is 13.3. The summed E-state index contributed by atoms with van der Waals surface area (Å²) in [5, 5.41) is 24.0. The molecule has 0 aliphatic carbocycles. The molecule has 0 radical (unpaired) electrons. The number of nitrogens with one attached hydrogen (secondary N) is 1. The minimum atomic E-state index is -0.219. The van der Waals surface area contributed by atoms with Crippen LogP contribution in [0.5, 0.6) is 0 Å². The minimum absolute atomic E-state index is 0.219. The molecule has 0 aliphatic heterocycles. The second kappa shape index (κ2) is 7.15. The average Bonchev–Trinajstić information content (AvgIpc) is 2.95. The highest BCUT2D eigenvalue weighted by atomic mass is 32.2. The SMILES string of the molecule is CCC(=S)Nc1cccc(-n2nnnc2SC(C)C#N)c1. The van der Waals surface area contributed by atoms with E-state index in [9.17, 15) is 0 Å². The molecular weight excluding hydrogens is 304 g/mol. The number of tetrazole rings is 1. The van der Waals surface area contributed by atoms with E-state index in [2.05, 4.69) is 26.9 Å². The highest BCUT2D eigenvalue weighted by molar-refractivity contribution is 8.00. The number of hydrogen-bond donors (Lipinski definition) is 1. The number of hydrogen-bond acceptors (Lipinski definition) is 6. The number of benzene rings is 1. The van der Waals surface area contributed by atoms with Gasteiger partial charge in [-0.3, -0.25) is 0 Å². The molecule has 0 amide bonds. The van der Waals surface area contributed by atoms with Crippen LogP contribution in [0.3, 0.4) is 0 Å². The van der Waals surface area contributed by atoms with Crippen molar-refractivity contribution in [3.05, 3.63) is 24.3 Å². The Hall–Kier alpha value is -1.98. The van der Waals surface area contributed by atoms with Crippen molar-refractivity contribution >= 4 is 34.7 Å². The summed E-state index contributed by atoms with van der Waals surface area (Å²) in [6, 6.07) is 9.80. The van der Waals surface area contributed by atoms with Gasteiger partial charge in [0.1, 0.15) is 0 Å². The van der Waals surface area contributed by atoms with Crippen LogP contribution in [0, 0.1) is 11.3 Å². The predicted octanol–water partition coefficient (Wildman–Crippen LogP) is 2.82. The summed E-state index contributed by atoms with van der Waals surface area (Å²) < 4.78 is 1.61. The summed E-state index contributed by atoms with van der Waals surface area (Å²) in [7, 11) is 0. The monoisotopic (exact) mass is 318 g/mol. The molecule has 8 heteroatoms. The zero-order chi connectivity index (χ0) is 15.2. The molecule has 108 valence electrons. The number of rotatable bonds is 5. The van der Waals surface area contributed by atoms with Gasteiger partial charge in [-0.15, -0.1) is 5.10 Å². The molecule has 2 rings (SSSR count). The number of thiocarbonyl (C=S) groups is 1. The number of aromatic nitrogens is 4. The molecule has 0 spiro atoms. The molecule has 21 heavy (non-hydrogen) atoms. The van der Waals surface area contributed by atoms with Gasteiger partial charge in [-0.2, -0.15) is 9.94 Å². The maximum absolute atomic E-state index is 8.89. The van der Waals surface area contributed by atoms with E-state index in [1.807, 2.05) is 31.2 Å². The lowest BCUT2D eigenvalue weighted by molar-refractivity contribution is 0.756. The largest absolute Gasteiger partial charge is 0.350 e. The first-order valence-corrected chi connectivity index (χ1v) is 7.67. The molecule has 0 saturated heterocycles. The van der Waals surface area contributed by atoms with E-state index >= 15 is 0 Å². The van der Waals surface area contributed by atoms with Crippen molar-refractivity contribution < 1.29 is 0 Å². The summed E-state index contributed by atoms with van der Waals surface area (Å²) in [6.07, 6.45) is 0.783. The zero-order valence-electron chi connectivity index (χ0n) is 11.6. The van der Waals surface area contributed by atoms with Gasteiger partial charge >= 0.3 is 0 Å². The Bertz CT molecular complexity index is 675. The van der Waals surface area contributed by atoms with E-state index in [0.29, 0.717) is 5.16 Å². The molecular formula is C13H14N6S2. The second-order valence-corrected chi connectivity index (χ2v) is 6.02. The van der Waals surface area contributed by atoms with E-state index < -0.39 is 0 Å². The fraction of sp³-hybridized carbons (Fsp3) is 0.308. The Labute approximate surface area is 132 Å². The van der Waals surface area contributed by atoms with E-state index in [1.165, 1.54) is 11.8 Å². The Morgan fingerprint density at radius 2 is 2.38 bits per heavy atom. The Morgan fingerprint density at radius 3 is 3.10 bits per heavy atom. The van der Waals surface area contributed by atoms with Gasteiger partial charge in [-0.05, 0) is 42.0 Å². The molecule has 2 aromatic rings. The standard InChI is InChI=1S/C13H14N6S2/c1-3-12(20)15-10-5-4-6-11(7-10)19-13(16-17-18-19)21-9(2)8-14/h4-7,9H,3H2,1-2H3,(H,15,20). The topological polar surface area (TPSA) is 79.4 Å². The van der Waals surface area contributed by atoms with Gasteiger partial charge in [-0.1, -0.05) is 37.0 Å². The third-order valence-corrected chi connectivity index (χ3v) is 3.92. The molecule has 1 aromatic carbocycles. The van der Waals surface area contributed by atoms with Crippen molar-refractivity contribution in [3.8, 4) is 11.8 Å². The second-order valence-electron chi connectivity index (χ2n) is 4.21. The van der Waals surface area contributed by atoms with Gasteiger partial charge in [-0.25, -0.2) is 0 Å². The number of nitrogens with zero attached hydrogens (tertiary/aromatic N) is 5. The third-order valence-electron chi connectivity index (χ3n) is 2.60. The average molecular weight is 318 g/mol. The fourth-order valence-corrected chi connectivity index (χ4v) is 2.38. The highest BCUT2D eigenvalue weighted by Gasteiger charge is 2.13. The molecule has 1 unspecified atom stereocenters. The van der Waals surface area contributed by atoms with E-state index in [1.54, 1.807) is 11.6 Å². The Morgan fingerprint density at radius 1 is 1.57 bits per heavy atom. The van der Waals surface area contributed by atoms with Crippen LogP contribution >= 0.6 is 24.0 Å². The van der Waals surface area contributed by atoms with Crippen molar-refractivity contribution in [2.45, 2.75) is 30.7 Å². The van der Waals surface area contributed by atoms with Crippen LogP contribution in [-0.2, 0) is 0 Å². The molecule has 1 N–H and O–H groups in total. The summed E-state index contributed by atoms with van der Waals surface area (Å²) >= 11 is 6.50. The molecule has 0 fully saturated rings. The van der Waals surface area contributed by atoms with E-state index in [4.69, 9.17) is 17.5 Å². The number of thioether (sulfide) groups is 1. The van der Waals surface area contributed by atoms with Crippen LogP contribution in [-0.4, -0.2) is 30.4 Å². The van der Waals surface area contributed by atoms with Crippen molar-refractivity contribution in [2.75, 3.05) is 5.32 Å². The lowest BCUT2D eigenvalue weighted by atomic mass is 10.2. The Kier molecular flexibility index (Phi) is 5.25. The van der Waals surface area contributed by atoms with Gasteiger partial charge in [0.2, 0.25) is 5.16 Å². The molecule has 6 nitrogen and oxygen atoms in total. The summed E-state index contributed by atoms with van der Waals surface area (Å²) in [5.74, 6) is 0.